The second-order valence-corrected chi connectivity index (χ2v) is 7.68. The zero-order valence-corrected chi connectivity index (χ0v) is 18.8. The van der Waals surface area contributed by atoms with Crippen LogP contribution >= 0.6 is 23.8 Å². The van der Waals surface area contributed by atoms with Crippen LogP contribution in [0.2, 0.25) is 5.02 Å². The van der Waals surface area contributed by atoms with Gasteiger partial charge >= 0.3 is 0 Å². The Labute approximate surface area is 190 Å². The Bertz CT molecular complexity index is 1140. The van der Waals surface area contributed by atoms with Crippen LogP contribution in [0.1, 0.15) is 12.0 Å². The minimum Gasteiger partial charge on any atom is -0.493 e. The molecule has 3 aromatic rings. The maximum Gasteiger partial charge on any atom is 0.253 e. The van der Waals surface area contributed by atoms with Crippen LogP contribution < -0.4 is 20.3 Å². The van der Waals surface area contributed by atoms with Gasteiger partial charge in [0.2, 0.25) is 0 Å². The zero-order chi connectivity index (χ0) is 22.4. The Morgan fingerprint density at radius 1 is 1.19 bits per heavy atom. The van der Waals surface area contributed by atoms with Crippen molar-refractivity contribution in [2.24, 2.45) is 0 Å². The normalized spacial score (nSPS) is 10.7. The number of hydrogen-bond donors (Lipinski definition) is 3. The topological polar surface area (TPSA) is 86.8 Å². The number of aromatic nitrogens is 1. The molecule has 0 saturated heterocycles. The molecule has 9 heteroatoms. The van der Waals surface area contributed by atoms with Gasteiger partial charge in [-0.1, -0.05) is 17.7 Å². The monoisotopic (exact) mass is 461 g/mol. The third-order valence-corrected chi connectivity index (χ3v) is 5.33. The predicted molar refractivity (Wildman–Crippen MR) is 127 cm³/mol. The molecule has 3 N–H and O–H groups in total. The Morgan fingerprint density at radius 3 is 2.61 bits per heavy atom. The molecule has 7 nitrogen and oxygen atoms in total. The van der Waals surface area contributed by atoms with Crippen LogP contribution in [0.3, 0.4) is 0 Å². The van der Waals surface area contributed by atoms with E-state index in [2.05, 4.69) is 10.3 Å². The molecule has 3 rings (SSSR count). The summed E-state index contributed by atoms with van der Waals surface area (Å²) in [6.07, 6.45) is 0.508. The Morgan fingerprint density at radius 2 is 1.94 bits per heavy atom. The second-order valence-electron chi connectivity index (χ2n) is 6.86. The van der Waals surface area contributed by atoms with E-state index in [4.69, 9.17) is 33.3 Å². The van der Waals surface area contributed by atoms with Crippen molar-refractivity contribution in [1.29, 1.82) is 0 Å². The van der Waals surface area contributed by atoms with E-state index in [9.17, 15) is 9.90 Å². The number of aromatic amines is 1. The summed E-state index contributed by atoms with van der Waals surface area (Å²) >= 11 is 11.6. The first-order valence-electron chi connectivity index (χ1n) is 9.65. The summed E-state index contributed by atoms with van der Waals surface area (Å²) in [4.78, 5) is 17.5. The third-order valence-electron chi connectivity index (χ3n) is 4.74. The number of thiocarbonyl (C=S) groups is 1. The standard InChI is InChI=1S/C22H24ClN3O4S/c1-29-19-10-14-9-15(21(28)25-18(14)12-20(19)30-2)13-26(7-4-8-27)22(31)24-17-6-3-5-16(23)11-17/h3,5-6,9-12,27H,4,7-8,13H2,1-2H3,(H,24,31)(H,25,28). The number of aliphatic hydroxyl groups is 1. The van der Waals surface area contributed by atoms with Gasteiger partial charge in [-0.15, -0.1) is 0 Å². The molecule has 0 amide bonds. The van der Waals surface area contributed by atoms with Crippen LogP contribution in [0, 0.1) is 0 Å². The minimum atomic E-state index is -0.223. The van der Waals surface area contributed by atoms with Crippen molar-refractivity contribution in [1.82, 2.24) is 9.88 Å². The number of nitrogens with one attached hydrogen (secondary N) is 2. The number of anilines is 1. The number of H-pyrrole nitrogens is 1. The lowest BCUT2D eigenvalue weighted by molar-refractivity contribution is 0.266. The molecule has 0 bridgehead atoms. The summed E-state index contributed by atoms with van der Waals surface area (Å²) in [5.41, 5.74) is 1.70. The molecule has 2 aromatic carbocycles. The lowest BCUT2D eigenvalue weighted by Gasteiger charge is -2.25. The van der Waals surface area contributed by atoms with Crippen LogP contribution in [0.25, 0.3) is 10.9 Å². The number of benzene rings is 2. The fourth-order valence-corrected chi connectivity index (χ4v) is 3.65. The van der Waals surface area contributed by atoms with E-state index in [0.29, 0.717) is 45.7 Å². The smallest absolute Gasteiger partial charge is 0.253 e. The van der Waals surface area contributed by atoms with Gasteiger partial charge in [0.1, 0.15) is 0 Å². The summed E-state index contributed by atoms with van der Waals surface area (Å²) < 4.78 is 10.7. The van der Waals surface area contributed by atoms with Gasteiger partial charge in [0.25, 0.3) is 5.56 Å². The van der Waals surface area contributed by atoms with Crippen molar-refractivity contribution in [3.8, 4) is 11.5 Å². The molecule has 0 aliphatic heterocycles. The van der Waals surface area contributed by atoms with Crippen LogP contribution in [-0.4, -0.2) is 47.5 Å². The van der Waals surface area contributed by atoms with E-state index in [-0.39, 0.29) is 18.7 Å². The zero-order valence-electron chi connectivity index (χ0n) is 17.3. The van der Waals surface area contributed by atoms with Gasteiger partial charge in [0, 0.05) is 40.9 Å². The predicted octanol–water partition coefficient (Wildman–Crippen LogP) is 3.78. The van der Waals surface area contributed by atoms with Crippen LogP contribution in [0.5, 0.6) is 11.5 Å². The number of ether oxygens (including phenoxy) is 2. The van der Waals surface area contributed by atoms with E-state index in [1.165, 1.54) is 0 Å². The van der Waals surface area contributed by atoms with Gasteiger partial charge in [0.05, 0.1) is 26.3 Å². The van der Waals surface area contributed by atoms with E-state index < -0.39 is 0 Å². The molecule has 0 unspecified atom stereocenters. The molecule has 0 spiro atoms. The first kappa shape index (κ1) is 22.9. The number of pyridine rings is 1. The Hall–Kier alpha value is -2.81. The number of methoxy groups -OCH3 is 2. The fraction of sp³-hybridized carbons (Fsp3) is 0.273. The molecule has 1 heterocycles. The van der Waals surface area contributed by atoms with E-state index in [1.807, 2.05) is 29.2 Å². The molecule has 31 heavy (non-hydrogen) atoms. The van der Waals surface area contributed by atoms with Gasteiger partial charge in [-0.25, -0.2) is 0 Å². The SMILES string of the molecule is COc1cc2cc(CN(CCCO)C(=S)Nc3cccc(Cl)c3)c(=O)[nH]c2cc1OC. The van der Waals surface area contributed by atoms with Gasteiger partial charge in [0.15, 0.2) is 16.6 Å². The van der Waals surface area contributed by atoms with Crippen molar-refractivity contribution in [3.63, 3.8) is 0 Å². The largest absolute Gasteiger partial charge is 0.493 e. The van der Waals surface area contributed by atoms with Gasteiger partial charge in [-0.2, -0.15) is 0 Å². The maximum atomic E-state index is 12.7. The van der Waals surface area contributed by atoms with Gasteiger partial charge in [-0.3, -0.25) is 4.79 Å². The van der Waals surface area contributed by atoms with Crippen molar-refractivity contribution in [2.75, 3.05) is 32.7 Å². The first-order valence-corrected chi connectivity index (χ1v) is 10.4. The minimum absolute atomic E-state index is 0.0152. The summed E-state index contributed by atoms with van der Waals surface area (Å²) in [6, 6.07) is 12.6. The maximum absolute atomic E-state index is 12.7. The molecule has 0 aliphatic carbocycles. The molecule has 0 atom stereocenters. The molecule has 1 aromatic heterocycles. The summed E-state index contributed by atoms with van der Waals surface area (Å²) in [6.45, 7) is 0.764. The molecule has 0 fully saturated rings. The molecular formula is C22H24ClN3O4S. The average Bonchev–Trinajstić information content (AvgIpc) is 2.75. The number of rotatable bonds is 8. The van der Waals surface area contributed by atoms with Crippen LogP contribution in [0.4, 0.5) is 5.69 Å². The highest BCUT2D eigenvalue weighted by molar-refractivity contribution is 7.80. The summed E-state index contributed by atoms with van der Waals surface area (Å²) in [7, 11) is 3.11. The van der Waals surface area contributed by atoms with E-state index in [0.717, 1.165) is 11.1 Å². The fourth-order valence-electron chi connectivity index (χ4n) is 3.18. The molecule has 0 aliphatic rings. The summed E-state index contributed by atoms with van der Waals surface area (Å²) in [5.74, 6) is 1.11. The second kappa shape index (κ2) is 10.5. The highest BCUT2D eigenvalue weighted by Gasteiger charge is 2.15. The van der Waals surface area contributed by atoms with Gasteiger partial charge in [-0.05, 0) is 49.0 Å². The number of fused-ring (bicyclic) bond motifs is 1. The molecule has 0 saturated carbocycles. The number of nitrogens with zero attached hydrogens (tertiary/aromatic N) is 1. The lowest BCUT2D eigenvalue weighted by Crippen LogP contribution is -2.37. The van der Waals surface area contributed by atoms with Crippen molar-refractivity contribution >= 4 is 45.5 Å². The third kappa shape index (κ3) is 5.66. The average molecular weight is 462 g/mol. The molecular weight excluding hydrogens is 438 g/mol. The molecule has 0 radical (unpaired) electrons. The lowest BCUT2D eigenvalue weighted by atomic mass is 10.1. The van der Waals surface area contributed by atoms with Crippen molar-refractivity contribution < 1.29 is 14.6 Å². The number of hydrogen-bond acceptors (Lipinski definition) is 5. The van der Waals surface area contributed by atoms with Crippen molar-refractivity contribution in [3.05, 3.63) is 63.4 Å². The molecule has 164 valence electrons. The van der Waals surface area contributed by atoms with Crippen LogP contribution in [0.15, 0.2) is 47.3 Å². The van der Waals surface area contributed by atoms with E-state index in [1.54, 1.807) is 32.4 Å². The van der Waals surface area contributed by atoms with Crippen LogP contribution in [-0.2, 0) is 6.54 Å². The quantitative estimate of drug-likeness (QED) is 0.440. The Balaban J connectivity index is 1.90. The number of halogens is 1. The Kier molecular flexibility index (Phi) is 7.73. The highest BCUT2D eigenvalue weighted by atomic mass is 35.5. The van der Waals surface area contributed by atoms with Gasteiger partial charge < -0.3 is 29.8 Å². The van der Waals surface area contributed by atoms with Crippen molar-refractivity contribution in [2.45, 2.75) is 13.0 Å². The van der Waals surface area contributed by atoms with E-state index >= 15 is 0 Å². The highest BCUT2D eigenvalue weighted by Crippen LogP contribution is 2.31. The first-order chi connectivity index (χ1) is 14.9. The number of aliphatic hydroxyl groups excluding tert-OH is 1. The summed E-state index contributed by atoms with van der Waals surface area (Å²) in [5, 5.41) is 14.3.